The minimum atomic E-state index is -0.255. The standard InChI is InChI=1S/C12H20N4O/c1-2-11-14-6-8-16(11)7-5-10(12(13)17)15-9-3-4-9/h6,8-10,15H,2-5,7H2,1H3,(H2,13,17). The van der Waals surface area contributed by atoms with E-state index >= 15 is 0 Å². The second kappa shape index (κ2) is 5.31. The Morgan fingerprint density at radius 3 is 3.06 bits per heavy atom. The van der Waals surface area contributed by atoms with Crippen molar-refractivity contribution in [3.63, 3.8) is 0 Å². The molecule has 2 rings (SSSR count). The molecule has 1 fully saturated rings. The summed E-state index contributed by atoms with van der Waals surface area (Å²) < 4.78 is 2.09. The van der Waals surface area contributed by atoms with Crippen LogP contribution in [0.4, 0.5) is 0 Å². The number of nitrogens with one attached hydrogen (secondary N) is 1. The minimum absolute atomic E-state index is 0.213. The molecule has 1 aliphatic carbocycles. The van der Waals surface area contributed by atoms with Gasteiger partial charge in [0.25, 0.3) is 0 Å². The van der Waals surface area contributed by atoms with Crippen LogP contribution in [0.1, 0.15) is 32.0 Å². The van der Waals surface area contributed by atoms with Gasteiger partial charge >= 0.3 is 0 Å². The van der Waals surface area contributed by atoms with Gasteiger partial charge in [-0.25, -0.2) is 4.98 Å². The number of imidazole rings is 1. The zero-order chi connectivity index (χ0) is 12.3. The lowest BCUT2D eigenvalue weighted by molar-refractivity contribution is -0.120. The molecule has 0 bridgehead atoms. The van der Waals surface area contributed by atoms with E-state index in [1.165, 1.54) is 0 Å². The number of hydrogen-bond donors (Lipinski definition) is 2. The number of rotatable bonds is 7. The number of amides is 1. The molecule has 1 aromatic rings. The quantitative estimate of drug-likeness (QED) is 0.721. The molecular formula is C12H20N4O. The molecule has 94 valence electrons. The monoisotopic (exact) mass is 236 g/mol. The molecular weight excluding hydrogens is 216 g/mol. The summed E-state index contributed by atoms with van der Waals surface area (Å²) in [4.78, 5) is 15.6. The molecule has 1 heterocycles. The topological polar surface area (TPSA) is 72.9 Å². The maximum Gasteiger partial charge on any atom is 0.234 e. The number of nitrogens with two attached hydrogens (primary N) is 1. The fourth-order valence-corrected chi connectivity index (χ4v) is 1.97. The summed E-state index contributed by atoms with van der Waals surface area (Å²) in [6.45, 7) is 2.86. The molecule has 17 heavy (non-hydrogen) atoms. The first-order chi connectivity index (χ1) is 8.20. The van der Waals surface area contributed by atoms with Gasteiger partial charge in [0.2, 0.25) is 5.91 Å². The Balaban J connectivity index is 1.87. The Labute approximate surface area is 101 Å². The molecule has 3 N–H and O–H groups in total. The van der Waals surface area contributed by atoms with Crippen LogP contribution in [0, 0.1) is 0 Å². The Bertz CT molecular complexity index is 384. The van der Waals surface area contributed by atoms with Crippen molar-refractivity contribution in [3.8, 4) is 0 Å². The minimum Gasteiger partial charge on any atom is -0.368 e. The van der Waals surface area contributed by atoms with Crippen LogP contribution in [0.25, 0.3) is 0 Å². The first-order valence-electron chi connectivity index (χ1n) is 6.26. The SMILES string of the molecule is CCc1nccn1CCC(NC1CC1)C(N)=O. The van der Waals surface area contributed by atoms with Gasteiger partial charge in [-0.2, -0.15) is 0 Å². The largest absolute Gasteiger partial charge is 0.368 e. The van der Waals surface area contributed by atoms with Crippen LogP contribution in [0.3, 0.4) is 0 Å². The lowest BCUT2D eigenvalue weighted by Crippen LogP contribution is -2.43. The summed E-state index contributed by atoms with van der Waals surface area (Å²) in [5.41, 5.74) is 5.40. The van der Waals surface area contributed by atoms with E-state index in [-0.39, 0.29) is 11.9 Å². The molecule has 0 aromatic carbocycles. The lowest BCUT2D eigenvalue weighted by atomic mass is 10.2. The maximum absolute atomic E-state index is 11.3. The van der Waals surface area contributed by atoms with Gasteiger partial charge in [0.15, 0.2) is 0 Å². The Morgan fingerprint density at radius 1 is 1.71 bits per heavy atom. The molecule has 0 saturated heterocycles. The van der Waals surface area contributed by atoms with Crippen LogP contribution in [-0.2, 0) is 17.8 Å². The second-order valence-corrected chi connectivity index (χ2v) is 4.57. The number of primary amides is 1. The highest BCUT2D eigenvalue weighted by molar-refractivity contribution is 5.79. The fraction of sp³-hybridized carbons (Fsp3) is 0.667. The Hall–Kier alpha value is -1.36. The van der Waals surface area contributed by atoms with E-state index < -0.39 is 0 Å². The fourth-order valence-electron chi connectivity index (χ4n) is 1.97. The van der Waals surface area contributed by atoms with Crippen molar-refractivity contribution in [3.05, 3.63) is 18.2 Å². The normalized spacial score (nSPS) is 17.0. The predicted molar refractivity (Wildman–Crippen MR) is 65.4 cm³/mol. The van der Waals surface area contributed by atoms with E-state index in [1.807, 2.05) is 6.20 Å². The van der Waals surface area contributed by atoms with Gasteiger partial charge in [-0.1, -0.05) is 6.92 Å². The molecule has 1 amide bonds. The van der Waals surface area contributed by atoms with Crippen LogP contribution in [-0.4, -0.2) is 27.5 Å². The number of hydrogen-bond acceptors (Lipinski definition) is 3. The van der Waals surface area contributed by atoms with Crippen LogP contribution in [0.2, 0.25) is 0 Å². The van der Waals surface area contributed by atoms with E-state index in [0.29, 0.717) is 6.04 Å². The molecule has 1 saturated carbocycles. The molecule has 0 radical (unpaired) electrons. The molecule has 0 spiro atoms. The summed E-state index contributed by atoms with van der Waals surface area (Å²) in [6.07, 6.45) is 7.71. The van der Waals surface area contributed by atoms with Crippen molar-refractivity contribution >= 4 is 5.91 Å². The molecule has 0 aliphatic heterocycles. The van der Waals surface area contributed by atoms with Gasteiger partial charge in [0, 0.05) is 31.4 Å². The molecule has 1 atom stereocenters. The van der Waals surface area contributed by atoms with Crippen LogP contribution in [0.5, 0.6) is 0 Å². The number of nitrogens with zero attached hydrogens (tertiary/aromatic N) is 2. The summed E-state index contributed by atoms with van der Waals surface area (Å²) in [6, 6.07) is 0.288. The number of carbonyl (C=O) groups excluding carboxylic acids is 1. The van der Waals surface area contributed by atoms with E-state index in [1.54, 1.807) is 6.20 Å². The second-order valence-electron chi connectivity index (χ2n) is 4.57. The third-order valence-electron chi connectivity index (χ3n) is 3.13. The predicted octanol–water partition coefficient (Wildman–Crippen LogP) is 0.441. The molecule has 5 nitrogen and oxygen atoms in total. The summed E-state index contributed by atoms with van der Waals surface area (Å²) >= 11 is 0. The molecule has 5 heteroatoms. The van der Waals surface area contributed by atoms with Gasteiger partial charge < -0.3 is 15.6 Å². The van der Waals surface area contributed by atoms with Gasteiger partial charge in [-0.3, -0.25) is 4.79 Å². The zero-order valence-electron chi connectivity index (χ0n) is 10.2. The van der Waals surface area contributed by atoms with Crippen molar-refractivity contribution in [2.24, 2.45) is 5.73 Å². The zero-order valence-corrected chi connectivity index (χ0v) is 10.2. The van der Waals surface area contributed by atoms with Crippen molar-refractivity contribution in [2.45, 2.75) is 51.2 Å². The molecule has 1 unspecified atom stereocenters. The van der Waals surface area contributed by atoms with E-state index in [9.17, 15) is 4.79 Å². The average molecular weight is 236 g/mol. The number of carbonyl (C=O) groups is 1. The Morgan fingerprint density at radius 2 is 2.47 bits per heavy atom. The third-order valence-corrected chi connectivity index (χ3v) is 3.13. The van der Waals surface area contributed by atoms with Crippen LogP contribution in [0.15, 0.2) is 12.4 Å². The lowest BCUT2D eigenvalue weighted by Gasteiger charge is -2.15. The van der Waals surface area contributed by atoms with Crippen molar-refractivity contribution in [1.29, 1.82) is 0 Å². The molecule has 1 aliphatic rings. The van der Waals surface area contributed by atoms with Crippen molar-refractivity contribution in [1.82, 2.24) is 14.9 Å². The number of aryl methyl sites for hydroxylation is 2. The Kier molecular flexibility index (Phi) is 3.78. The summed E-state index contributed by atoms with van der Waals surface area (Å²) in [7, 11) is 0. The van der Waals surface area contributed by atoms with Gasteiger partial charge in [-0.05, 0) is 19.3 Å². The smallest absolute Gasteiger partial charge is 0.234 e. The van der Waals surface area contributed by atoms with Crippen LogP contribution < -0.4 is 11.1 Å². The highest BCUT2D eigenvalue weighted by Crippen LogP contribution is 2.20. The first kappa shape index (κ1) is 12.1. The van der Waals surface area contributed by atoms with Gasteiger partial charge in [0.05, 0.1) is 6.04 Å². The average Bonchev–Trinajstić information content (AvgIpc) is 3.00. The molecule has 1 aromatic heterocycles. The highest BCUT2D eigenvalue weighted by Gasteiger charge is 2.26. The summed E-state index contributed by atoms with van der Waals surface area (Å²) in [5.74, 6) is 0.801. The highest BCUT2D eigenvalue weighted by atomic mass is 16.1. The van der Waals surface area contributed by atoms with E-state index in [0.717, 1.165) is 38.1 Å². The van der Waals surface area contributed by atoms with Crippen molar-refractivity contribution < 1.29 is 4.79 Å². The van der Waals surface area contributed by atoms with Gasteiger partial charge in [0.1, 0.15) is 5.82 Å². The first-order valence-corrected chi connectivity index (χ1v) is 6.26. The van der Waals surface area contributed by atoms with E-state index in [4.69, 9.17) is 5.73 Å². The van der Waals surface area contributed by atoms with Crippen LogP contribution >= 0.6 is 0 Å². The summed E-state index contributed by atoms with van der Waals surface area (Å²) in [5, 5.41) is 3.28. The third kappa shape index (κ3) is 3.30. The van der Waals surface area contributed by atoms with E-state index in [2.05, 4.69) is 21.8 Å². The van der Waals surface area contributed by atoms with Crippen molar-refractivity contribution in [2.75, 3.05) is 0 Å². The maximum atomic E-state index is 11.3. The van der Waals surface area contributed by atoms with Gasteiger partial charge in [-0.15, -0.1) is 0 Å². The number of aromatic nitrogens is 2.